The number of carbonyl (C=O) groups excluding carboxylic acids is 1. The normalized spacial score (nSPS) is 10.9. The summed E-state index contributed by atoms with van der Waals surface area (Å²) in [5.41, 5.74) is 3.76. The molecule has 6 nitrogen and oxygen atoms in total. The standard InChI is InChI=1S/C18H10Br3N3O3/c19-12-1-2-15-11(7-12)8-16(27-15)18(25)24-23-9-10-5-13(20)17(14(21)6-10)26-4-3-22/h1-2,5-9H,4H2,(H,24,25)/b23-9+. The molecule has 0 aliphatic carbocycles. The second-order valence-corrected chi connectivity index (χ2v) is 7.88. The van der Waals surface area contributed by atoms with Crippen LogP contribution in [0.4, 0.5) is 0 Å². The molecule has 1 heterocycles. The molecule has 0 aliphatic rings. The molecule has 3 rings (SSSR count). The Labute approximate surface area is 179 Å². The molecular weight excluding hydrogens is 546 g/mol. The van der Waals surface area contributed by atoms with E-state index in [1.54, 1.807) is 24.3 Å². The average molecular weight is 556 g/mol. The van der Waals surface area contributed by atoms with Crippen LogP contribution in [0.15, 0.2) is 59.3 Å². The van der Waals surface area contributed by atoms with E-state index in [0.29, 0.717) is 25.8 Å². The summed E-state index contributed by atoms with van der Waals surface area (Å²) in [6.07, 6.45) is 1.49. The van der Waals surface area contributed by atoms with Gasteiger partial charge in [0.25, 0.3) is 0 Å². The number of benzene rings is 2. The van der Waals surface area contributed by atoms with Gasteiger partial charge < -0.3 is 9.15 Å². The Morgan fingerprint density at radius 2 is 1.96 bits per heavy atom. The van der Waals surface area contributed by atoms with Gasteiger partial charge >= 0.3 is 5.91 Å². The van der Waals surface area contributed by atoms with Gasteiger partial charge in [-0.25, -0.2) is 5.43 Å². The smallest absolute Gasteiger partial charge is 0.307 e. The Balaban J connectivity index is 1.71. The van der Waals surface area contributed by atoms with E-state index in [9.17, 15) is 4.79 Å². The van der Waals surface area contributed by atoms with Crippen LogP contribution in [-0.4, -0.2) is 18.7 Å². The molecule has 0 saturated carbocycles. The summed E-state index contributed by atoms with van der Waals surface area (Å²) in [4.78, 5) is 12.2. The molecule has 0 radical (unpaired) electrons. The fourth-order valence-corrected chi connectivity index (χ4v) is 4.07. The van der Waals surface area contributed by atoms with Crippen LogP contribution in [0.1, 0.15) is 16.1 Å². The molecule has 1 N–H and O–H groups in total. The van der Waals surface area contributed by atoms with E-state index in [0.717, 1.165) is 9.86 Å². The third kappa shape index (κ3) is 4.77. The number of nitrogens with one attached hydrogen (secondary N) is 1. The first-order valence-corrected chi connectivity index (χ1v) is 9.87. The van der Waals surface area contributed by atoms with Crippen LogP contribution in [0.25, 0.3) is 11.0 Å². The highest BCUT2D eigenvalue weighted by atomic mass is 79.9. The minimum absolute atomic E-state index is 0.0607. The van der Waals surface area contributed by atoms with Crippen molar-refractivity contribution in [3.05, 3.63) is 61.1 Å². The summed E-state index contributed by atoms with van der Waals surface area (Å²) in [5, 5.41) is 13.4. The van der Waals surface area contributed by atoms with E-state index in [1.165, 1.54) is 6.21 Å². The Bertz CT molecular complexity index is 1060. The summed E-state index contributed by atoms with van der Waals surface area (Å²) < 4.78 is 13.1. The Kier molecular flexibility index (Phi) is 6.31. The predicted octanol–water partition coefficient (Wildman–Crippen LogP) is 5.39. The molecule has 3 aromatic rings. The summed E-state index contributed by atoms with van der Waals surface area (Å²) >= 11 is 10.1. The monoisotopic (exact) mass is 553 g/mol. The molecule has 0 atom stereocenters. The van der Waals surface area contributed by atoms with Gasteiger partial charge in [-0.2, -0.15) is 10.4 Å². The third-order valence-electron chi connectivity index (χ3n) is 3.38. The Hall–Kier alpha value is -2.15. The fourth-order valence-electron chi connectivity index (χ4n) is 2.24. The van der Waals surface area contributed by atoms with E-state index in [1.807, 2.05) is 18.2 Å². The van der Waals surface area contributed by atoms with E-state index in [2.05, 4.69) is 58.3 Å². The van der Waals surface area contributed by atoms with Crippen molar-refractivity contribution in [1.29, 1.82) is 5.26 Å². The molecule has 0 unspecified atom stereocenters. The number of ether oxygens (including phenoxy) is 1. The summed E-state index contributed by atoms with van der Waals surface area (Å²) in [6, 6.07) is 12.6. The van der Waals surface area contributed by atoms with Gasteiger partial charge in [0.15, 0.2) is 12.4 Å². The van der Waals surface area contributed by atoms with Crippen molar-refractivity contribution in [2.75, 3.05) is 6.61 Å². The quantitative estimate of drug-likeness (QED) is 0.338. The van der Waals surface area contributed by atoms with Crippen molar-refractivity contribution in [1.82, 2.24) is 5.43 Å². The molecule has 1 amide bonds. The molecule has 9 heteroatoms. The van der Waals surface area contributed by atoms with E-state index < -0.39 is 5.91 Å². The van der Waals surface area contributed by atoms with Crippen LogP contribution < -0.4 is 10.2 Å². The Morgan fingerprint density at radius 1 is 1.22 bits per heavy atom. The average Bonchev–Trinajstić information content (AvgIpc) is 3.04. The molecular formula is C18H10Br3N3O3. The summed E-state index contributed by atoms with van der Waals surface area (Å²) in [6.45, 7) is -0.0607. The predicted molar refractivity (Wildman–Crippen MR) is 112 cm³/mol. The topological polar surface area (TPSA) is 87.6 Å². The van der Waals surface area contributed by atoms with Gasteiger partial charge in [-0.05, 0) is 73.8 Å². The van der Waals surface area contributed by atoms with Gasteiger partial charge in [0.1, 0.15) is 17.4 Å². The number of fused-ring (bicyclic) bond motifs is 1. The molecule has 136 valence electrons. The number of hydrogen-bond donors (Lipinski definition) is 1. The fraction of sp³-hybridized carbons (Fsp3) is 0.0556. The third-order valence-corrected chi connectivity index (χ3v) is 5.05. The van der Waals surface area contributed by atoms with Crippen molar-refractivity contribution in [3.63, 3.8) is 0 Å². The number of furan rings is 1. The molecule has 0 spiro atoms. The number of nitriles is 1. The maximum atomic E-state index is 12.2. The molecule has 27 heavy (non-hydrogen) atoms. The first-order valence-electron chi connectivity index (χ1n) is 7.49. The van der Waals surface area contributed by atoms with Crippen LogP contribution >= 0.6 is 47.8 Å². The maximum absolute atomic E-state index is 12.2. The lowest BCUT2D eigenvalue weighted by atomic mass is 10.2. The number of rotatable bonds is 5. The van der Waals surface area contributed by atoms with Gasteiger partial charge in [0.2, 0.25) is 0 Å². The van der Waals surface area contributed by atoms with Gasteiger partial charge in [0.05, 0.1) is 15.2 Å². The first kappa shape index (κ1) is 19.6. The second-order valence-electron chi connectivity index (χ2n) is 5.25. The number of halogens is 3. The van der Waals surface area contributed by atoms with E-state index in [-0.39, 0.29) is 12.4 Å². The van der Waals surface area contributed by atoms with Crippen molar-refractivity contribution in [2.24, 2.45) is 5.10 Å². The van der Waals surface area contributed by atoms with Crippen molar-refractivity contribution in [3.8, 4) is 11.8 Å². The highest BCUT2D eigenvalue weighted by Gasteiger charge is 2.12. The number of amides is 1. The molecule has 1 aromatic heterocycles. The lowest BCUT2D eigenvalue weighted by molar-refractivity contribution is 0.0929. The van der Waals surface area contributed by atoms with Crippen molar-refractivity contribution in [2.45, 2.75) is 0 Å². The van der Waals surface area contributed by atoms with Crippen molar-refractivity contribution >= 4 is 70.9 Å². The summed E-state index contributed by atoms with van der Waals surface area (Å²) in [7, 11) is 0. The van der Waals surface area contributed by atoms with E-state index in [4.69, 9.17) is 14.4 Å². The Morgan fingerprint density at radius 3 is 2.67 bits per heavy atom. The zero-order chi connectivity index (χ0) is 19.4. The van der Waals surface area contributed by atoms with Crippen LogP contribution in [0.3, 0.4) is 0 Å². The van der Waals surface area contributed by atoms with Gasteiger partial charge in [-0.1, -0.05) is 15.9 Å². The minimum Gasteiger partial charge on any atom is -0.476 e. The second kappa shape index (κ2) is 8.69. The number of nitrogens with zero attached hydrogens (tertiary/aromatic N) is 2. The zero-order valence-electron chi connectivity index (χ0n) is 13.5. The lowest BCUT2D eigenvalue weighted by Gasteiger charge is -2.08. The zero-order valence-corrected chi connectivity index (χ0v) is 18.3. The highest BCUT2D eigenvalue weighted by molar-refractivity contribution is 9.11. The van der Waals surface area contributed by atoms with Gasteiger partial charge in [-0.15, -0.1) is 0 Å². The van der Waals surface area contributed by atoms with Crippen LogP contribution in [0, 0.1) is 11.3 Å². The number of hydrazone groups is 1. The molecule has 0 bridgehead atoms. The van der Waals surface area contributed by atoms with Crippen LogP contribution in [0.5, 0.6) is 5.75 Å². The number of hydrogen-bond acceptors (Lipinski definition) is 5. The molecule has 0 fully saturated rings. The van der Waals surface area contributed by atoms with Crippen LogP contribution in [-0.2, 0) is 0 Å². The highest BCUT2D eigenvalue weighted by Crippen LogP contribution is 2.34. The summed E-state index contributed by atoms with van der Waals surface area (Å²) in [5.74, 6) is 0.236. The van der Waals surface area contributed by atoms with E-state index >= 15 is 0 Å². The van der Waals surface area contributed by atoms with Gasteiger partial charge in [0, 0.05) is 9.86 Å². The molecule has 2 aromatic carbocycles. The first-order chi connectivity index (χ1) is 13.0. The number of carbonyl (C=O) groups is 1. The maximum Gasteiger partial charge on any atom is 0.307 e. The van der Waals surface area contributed by atoms with Gasteiger partial charge in [-0.3, -0.25) is 4.79 Å². The SMILES string of the molecule is N#CCOc1c(Br)cc(/C=N/NC(=O)c2cc3cc(Br)ccc3o2)cc1Br. The van der Waals surface area contributed by atoms with Crippen LogP contribution in [0.2, 0.25) is 0 Å². The lowest BCUT2D eigenvalue weighted by Crippen LogP contribution is -2.16. The molecule has 0 saturated heterocycles. The minimum atomic E-state index is -0.453. The largest absolute Gasteiger partial charge is 0.476 e. The van der Waals surface area contributed by atoms with Crippen molar-refractivity contribution < 1.29 is 13.9 Å². The molecule has 0 aliphatic heterocycles.